The van der Waals surface area contributed by atoms with Crippen LogP contribution < -0.4 is 20.7 Å². The van der Waals surface area contributed by atoms with Crippen molar-refractivity contribution in [2.24, 2.45) is 5.14 Å². The maximum absolute atomic E-state index is 12.6. The largest absolute Gasteiger partial charge is 0.417 e. The van der Waals surface area contributed by atoms with E-state index in [1.165, 1.54) is 30.3 Å². The summed E-state index contributed by atoms with van der Waals surface area (Å²) in [6.07, 6.45) is -3.06. The van der Waals surface area contributed by atoms with Crippen LogP contribution in [0.4, 0.5) is 29.5 Å². The lowest BCUT2D eigenvalue weighted by Gasteiger charge is -2.18. The number of pyridine rings is 1. The van der Waals surface area contributed by atoms with Crippen LogP contribution in [0.25, 0.3) is 0 Å². The Morgan fingerprint density at radius 3 is 2.41 bits per heavy atom. The Morgan fingerprint density at radius 1 is 1.17 bits per heavy atom. The van der Waals surface area contributed by atoms with E-state index in [9.17, 15) is 26.4 Å². The fourth-order valence-corrected chi connectivity index (χ4v) is 3.42. The Labute approximate surface area is 165 Å². The van der Waals surface area contributed by atoms with Gasteiger partial charge in [0.25, 0.3) is 0 Å². The Morgan fingerprint density at radius 2 is 1.86 bits per heavy atom. The molecule has 1 aliphatic rings. The molecule has 1 aromatic carbocycles. The first kappa shape index (κ1) is 20.9. The van der Waals surface area contributed by atoms with E-state index in [1.54, 1.807) is 4.90 Å². The Hall–Kier alpha value is -2.86. The standard InChI is InChI=1S/C17H18F3N5O3S/c18-17(19,20)11-1-6-15(22-9-11)25-8-7-13(10-25)24-16(26)23-12-2-4-14(5-3-12)29(21,27)28/h1-6,9,13H,7-8,10H2,(H2,21,27,28)(H2,23,24,26)/t13-/m0/s1. The molecule has 8 nitrogen and oxygen atoms in total. The number of sulfonamides is 1. The average molecular weight is 429 g/mol. The molecule has 0 saturated carbocycles. The number of aromatic nitrogens is 1. The van der Waals surface area contributed by atoms with Crippen LogP contribution in [0.15, 0.2) is 47.5 Å². The van der Waals surface area contributed by atoms with Gasteiger partial charge in [-0.15, -0.1) is 0 Å². The quantitative estimate of drug-likeness (QED) is 0.689. The number of halogens is 3. The van der Waals surface area contributed by atoms with E-state index < -0.39 is 27.8 Å². The van der Waals surface area contributed by atoms with Crippen LogP contribution in [0.5, 0.6) is 0 Å². The van der Waals surface area contributed by atoms with Crippen LogP contribution >= 0.6 is 0 Å². The van der Waals surface area contributed by atoms with Gasteiger partial charge in [0.2, 0.25) is 10.0 Å². The van der Waals surface area contributed by atoms with Gasteiger partial charge in [0.15, 0.2) is 0 Å². The summed E-state index contributed by atoms with van der Waals surface area (Å²) in [5.74, 6) is 0.404. The molecule has 0 aliphatic carbocycles. The number of nitrogens with two attached hydrogens (primary N) is 1. The molecule has 12 heteroatoms. The minimum atomic E-state index is -4.44. The van der Waals surface area contributed by atoms with E-state index in [0.717, 1.165) is 12.3 Å². The third-order valence-corrected chi connectivity index (χ3v) is 5.29. The fraction of sp³-hybridized carbons (Fsp3) is 0.294. The molecular weight excluding hydrogens is 411 g/mol. The second-order valence-corrected chi connectivity index (χ2v) is 8.06. The molecule has 3 rings (SSSR count). The van der Waals surface area contributed by atoms with Crippen LogP contribution in [0, 0.1) is 0 Å². The number of hydrogen-bond acceptors (Lipinski definition) is 5. The highest BCUT2D eigenvalue weighted by Gasteiger charge is 2.31. The number of alkyl halides is 3. The van der Waals surface area contributed by atoms with Crippen LogP contribution in [0.2, 0.25) is 0 Å². The SMILES string of the molecule is NS(=O)(=O)c1ccc(NC(=O)N[C@H]2CCN(c3ccc(C(F)(F)F)cn3)C2)cc1. The molecule has 1 saturated heterocycles. The number of hydrogen-bond donors (Lipinski definition) is 3. The summed E-state index contributed by atoms with van der Waals surface area (Å²) in [5, 5.41) is 10.4. The van der Waals surface area contributed by atoms with Crippen molar-refractivity contribution in [3.63, 3.8) is 0 Å². The van der Waals surface area contributed by atoms with Gasteiger partial charge in [0, 0.05) is 31.0 Å². The van der Waals surface area contributed by atoms with Gasteiger partial charge in [-0.05, 0) is 42.8 Å². The van der Waals surface area contributed by atoms with Gasteiger partial charge in [0.1, 0.15) is 5.82 Å². The molecule has 156 valence electrons. The molecule has 1 atom stereocenters. The molecule has 2 aromatic rings. The number of benzene rings is 1. The monoisotopic (exact) mass is 429 g/mol. The smallest absolute Gasteiger partial charge is 0.354 e. The summed E-state index contributed by atoms with van der Waals surface area (Å²) < 4.78 is 60.3. The van der Waals surface area contributed by atoms with Crippen molar-refractivity contribution in [3.8, 4) is 0 Å². The molecule has 0 spiro atoms. The van der Waals surface area contributed by atoms with Crippen molar-refractivity contribution < 1.29 is 26.4 Å². The number of rotatable bonds is 4. The molecular formula is C17H18F3N5O3S. The van der Waals surface area contributed by atoms with Crippen LogP contribution in [-0.2, 0) is 16.2 Å². The highest BCUT2D eigenvalue weighted by atomic mass is 32.2. The van der Waals surface area contributed by atoms with Gasteiger partial charge in [-0.25, -0.2) is 23.3 Å². The van der Waals surface area contributed by atoms with Gasteiger partial charge in [-0.3, -0.25) is 0 Å². The molecule has 0 bridgehead atoms. The number of nitrogens with one attached hydrogen (secondary N) is 2. The predicted octanol–water partition coefficient (Wildman–Crippen LogP) is 2.15. The Kier molecular flexibility index (Phi) is 5.66. The number of carbonyl (C=O) groups is 1. The maximum atomic E-state index is 12.6. The zero-order valence-corrected chi connectivity index (χ0v) is 15.8. The van der Waals surface area contributed by atoms with E-state index in [1.807, 2.05) is 0 Å². The normalized spacial score (nSPS) is 17.2. The molecule has 1 aromatic heterocycles. The molecule has 4 N–H and O–H groups in total. The minimum absolute atomic E-state index is 0.0704. The predicted molar refractivity (Wildman–Crippen MR) is 99.8 cm³/mol. The second kappa shape index (κ2) is 7.87. The summed E-state index contributed by atoms with van der Waals surface area (Å²) in [6, 6.07) is 6.94. The van der Waals surface area contributed by atoms with E-state index in [0.29, 0.717) is 31.0 Å². The summed E-state index contributed by atoms with van der Waals surface area (Å²) in [7, 11) is -3.81. The van der Waals surface area contributed by atoms with Gasteiger partial charge in [-0.2, -0.15) is 13.2 Å². The fourth-order valence-electron chi connectivity index (χ4n) is 2.91. The second-order valence-electron chi connectivity index (χ2n) is 6.50. The van der Waals surface area contributed by atoms with Crippen LogP contribution in [-0.4, -0.2) is 38.6 Å². The van der Waals surface area contributed by atoms with Gasteiger partial charge in [-0.1, -0.05) is 0 Å². The minimum Gasteiger partial charge on any atom is -0.354 e. The van der Waals surface area contributed by atoms with Crippen molar-refractivity contribution in [1.29, 1.82) is 0 Å². The lowest BCUT2D eigenvalue weighted by atomic mass is 10.2. The number of urea groups is 1. The van der Waals surface area contributed by atoms with Crippen LogP contribution in [0.3, 0.4) is 0 Å². The van der Waals surface area contributed by atoms with Gasteiger partial charge < -0.3 is 15.5 Å². The highest BCUT2D eigenvalue weighted by molar-refractivity contribution is 7.89. The van der Waals surface area contributed by atoms with Crippen LogP contribution in [0.1, 0.15) is 12.0 Å². The first-order valence-electron chi connectivity index (χ1n) is 8.51. The summed E-state index contributed by atoms with van der Waals surface area (Å²) in [4.78, 5) is 17.7. The third-order valence-electron chi connectivity index (χ3n) is 4.36. The van der Waals surface area contributed by atoms with E-state index in [2.05, 4.69) is 15.6 Å². The molecule has 0 radical (unpaired) electrons. The van der Waals surface area contributed by atoms with Gasteiger partial charge in [0.05, 0.1) is 10.5 Å². The van der Waals surface area contributed by atoms with Crippen molar-refractivity contribution >= 4 is 27.6 Å². The number of carbonyl (C=O) groups excluding carboxylic acids is 1. The average Bonchev–Trinajstić information content (AvgIpc) is 3.09. The van der Waals surface area contributed by atoms with Crippen molar-refractivity contribution in [2.45, 2.75) is 23.5 Å². The molecule has 2 heterocycles. The van der Waals surface area contributed by atoms with E-state index in [4.69, 9.17) is 5.14 Å². The molecule has 0 unspecified atom stereocenters. The van der Waals surface area contributed by atoms with Gasteiger partial charge >= 0.3 is 12.2 Å². The van der Waals surface area contributed by atoms with Crippen molar-refractivity contribution in [3.05, 3.63) is 48.2 Å². The topological polar surface area (TPSA) is 117 Å². The number of amides is 2. The third kappa shape index (κ3) is 5.35. The first-order chi connectivity index (χ1) is 13.5. The van der Waals surface area contributed by atoms with E-state index in [-0.39, 0.29) is 10.9 Å². The number of anilines is 2. The number of nitrogens with zero attached hydrogens (tertiary/aromatic N) is 2. The van der Waals surface area contributed by atoms with Crippen molar-refractivity contribution in [2.75, 3.05) is 23.3 Å². The maximum Gasteiger partial charge on any atom is 0.417 e. The molecule has 29 heavy (non-hydrogen) atoms. The summed E-state index contributed by atoms with van der Waals surface area (Å²) in [5.41, 5.74) is -0.433. The van der Waals surface area contributed by atoms with Crippen molar-refractivity contribution in [1.82, 2.24) is 10.3 Å². The van der Waals surface area contributed by atoms with E-state index >= 15 is 0 Å². The first-order valence-corrected chi connectivity index (χ1v) is 10.1. The Bertz CT molecular complexity index is 979. The molecule has 2 amide bonds. The lowest BCUT2D eigenvalue weighted by molar-refractivity contribution is -0.137. The lowest BCUT2D eigenvalue weighted by Crippen LogP contribution is -2.39. The zero-order chi connectivity index (χ0) is 21.2. The number of primary sulfonamides is 1. The zero-order valence-electron chi connectivity index (χ0n) is 15.0. The Balaban J connectivity index is 1.53. The molecule has 1 aliphatic heterocycles. The summed E-state index contributed by atoms with van der Waals surface area (Å²) >= 11 is 0. The summed E-state index contributed by atoms with van der Waals surface area (Å²) in [6.45, 7) is 0.933. The highest BCUT2D eigenvalue weighted by Crippen LogP contribution is 2.29. The molecule has 1 fully saturated rings.